The summed E-state index contributed by atoms with van der Waals surface area (Å²) in [6, 6.07) is 7.57. The minimum absolute atomic E-state index is 0.437. The highest BCUT2D eigenvalue weighted by Gasteiger charge is 2.04. The van der Waals surface area contributed by atoms with Crippen molar-refractivity contribution in [1.82, 2.24) is 10.1 Å². The summed E-state index contributed by atoms with van der Waals surface area (Å²) in [4.78, 5) is 4.11. The molecule has 0 bridgehead atoms. The second-order valence-electron chi connectivity index (χ2n) is 3.06. The van der Waals surface area contributed by atoms with Gasteiger partial charge in [0.05, 0.1) is 0 Å². The molecule has 4 heteroatoms. The summed E-state index contributed by atoms with van der Waals surface area (Å²) >= 11 is 5.86. The van der Waals surface area contributed by atoms with Crippen LogP contribution < -0.4 is 0 Å². The van der Waals surface area contributed by atoms with E-state index in [1.54, 1.807) is 0 Å². The van der Waals surface area contributed by atoms with Crippen LogP contribution in [0, 0.1) is 0 Å². The first-order valence-corrected chi connectivity index (χ1v) is 4.85. The zero-order valence-corrected chi connectivity index (χ0v) is 8.74. The molecule has 0 aliphatic heterocycles. The Kier molecular flexibility index (Phi) is 2.83. The van der Waals surface area contributed by atoms with E-state index in [1.807, 2.05) is 24.3 Å². The molecule has 1 heterocycles. The molecule has 3 nitrogen and oxygen atoms in total. The molecule has 0 aliphatic rings. The highest BCUT2D eigenvalue weighted by atomic mass is 35.5. The molecule has 0 amide bonds. The van der Waals surface area contributed by atoms with Gasteiger partial charge in [-0.1, -0.05) is 35.5 Å². The van der Waals surface area contributed by atoms with Crippen LogP contribution >= 0.6 is 11.6 Å². The molecular formula is C11H9ClN2O. The standard InChI is InChI=1S/C11H9ClN2O/c1-2-11-13-10(14-15-11)7-8-4-3-5-9(12)6-8/h2-6H,1,7H2. The van der Waals surface area contributed by atoms with Crippen LogP contribution in [0.3, 0.4) is 0 Å². The summed E-state index contributed by atoms with van der Waals surface area (Å²) in [5.74, 6) is 1.07. The Morgan fingerprint density at radius 2 is 2.33 bits per heavy atom. The summed E-state index contributed by atoms with van der Waals surface area (Å²) in [6.07, 6.45) is 2.13. The van der Waals surface area contributed by atoms with Crippen LogP contribution in [0.5, 0.6) is 0 Å². The maximum absolute atomic E-state index is 5.86. The van der Waals surface area contributed by atoms with Crippen molar-refractivity contribution in [3.05, 3.63) is 53.1 Å². The average Bonchev–Trinajstić information content (AvgIpc) is 2.65. The topological polar surface area (TPSA) is 38.9 Å². The normalized spacial score (nSPS) is 10.2. The van der Waals surface area contributed by atoms with Gasteiger partial charge in [-0.15, -0.1) is 0 Å². The Morgan fingerprint density at radius 1 is 1.47 bits per heavy atom. The summed E-state index contributed by atoms with van der Waals surface area (Å²) in [5.41, 5.74) is 1.05. The van der Waals surface area contributed by atoms with Crippen LogP contribution in [0.25, 0.3) is 6.08 Å². The van der Waals surface area contributed by atoms with Crippen LogP contribution in [0.1, 0.15) is 17.3 Å². The number of hydrogen-bond acceptors (Lipinski definition) is 3. The van der Waals surface area contributed by atoms with Gasteiger partial charge in [0.2, 0.25) is 5.89 Å². The Labute approximate surface area is 92.4 Å². The molecule has 76 valence electrons. The molecule has 0 radical (unpaired) electrons. The van der Waals surface area contributed by atoms with Crippen molar-refractivity contribution in [2.75, 3.05) is 0 Å². The fraction of sp³-hybridized carbons (Fsp3) is 0.0909. The van der Waals surface area contributed by atoms with Gasteiger partial charge in [0.15, 0.2) is 5.82 Å². The molecule has 2 rings (SSSR count). The van der Waals surface area contributed by atoms with Crippen molar-refractivity contribution >= 4 is 17.7 Å². The molecule has 1 aromatic carbocycles. The van der Waals surface area contributed by atoms with E-state index in [9.17, 15) is 0 Å². The van der Waals surface area contributed by atoms with Crippen molar-refractivity contribution in [3.63, 3.8) is 0 Å². The third-order valence-corrected chi connectivity index (χ3v) is 2.14. The lowest BCUT2D eigenvalue weighted by Crippen LogP contribution is -1.90. The first-order valence-electron chi connectivity index (χ1n) is 4.47. The van der Waals surface area contributed by atoms with Crippen molar-refractivity contribution in [2.24, 2.45) is 0 Å². The molecule has 0 saturated heterocycles. The van der Waals surface area contributed by atoms with Gasteiger partial charge in [-0.25, -0.2) is 0 Å². The number of hydrogen-bond donors (Lipinski definition) is 0. The summed E-state index contributed by atoms with van der Waals surface area (Å²) in [5, 5.41) is 4.52. The average molecular weight is 221 g/mol. The molecule has 2 aromatic rings. The van der Waals surface area contributed by atoms with Gasteiger partial charge in [-0.05, 0) is 23.8 Å². The van der Waals surface area contributed by atoms with Gasteiger partial charge in [0.1, 0.15) is 0 Å². The predicted octanol–water partition coefficient (Wildman–Crippen LogP) is 2.96. The molecule has 0 saturated carbocycles. The zero-order chi connectivity index (χ0) is 10.7. The van der Waals surface area contributed by atoms with Crippen LogP contribution in [-0.4, -0.2) is 10.1 Å². The molecular weight excluding hydrogens is 212 g/mol. The minimum Gasteiger partial charge on any atom is -0.335 e. The fourth-order valence-electron chi connectivity index (χ4n) is 1.25. The van der Waals surface area contributed by atoms with E-state index in [-0.39, 0.29) is 0 Å². The number of nitrogens with zero attached hydrogens (tertiary/aromatic N) is 2. The lowest BCUT2D eigenvalue weighted by Gasteiger charge is -1.96. The van der Waals surface area contributed by atoms with Gasteiger partial charge >= 0.3 is 0 Å². The Balaban J connectivity index is 2.18. The Hall–Kier alpha value is -1.61. The van der Waals surface area contributed by atoms with Gasteiger partial charge in [0, 0.05) is 11.4 Å². The number of aromatic nitrogens is 2. The number of halogens is 1. The quantitative estimate of drug-likeness (QED) is 0.798. The third kappa shape index (κ3) is 2.44. The largest absolute Gasteiger partial charge is 0.335 e. The van der Waals surface area contributed by atoms with E-state index in [4.69, 9.17) is 16.1 Å². The number of rotatable bonds is 3. The fourth-order valence-corrected chi connectivity index (χ4v) is 1.46. The second kappa shape index (κ2) is 4.28. The molecule has 0 spiro atoms. The van der Waals surface area contributed by atoms with Crippen LogP contribution in [0.2, 0.25) is 5.02 Å². The maximum Gasteiger partial charge on any atom is 0.250 e. The van der Waals surface area contributed by atoms with Gasteiger partial charge < -0.3 is 4.52 Å². The third-order valence-electron chi connectivity index (χ3n) is 1.91. The SMILES string of the molecule is C=Cc1nc(Cc2cccc(Cl)c2)no1. The monoisotopic (exact) mass is 220 g/mol. The van der Waals surface area contributed by atoms with Crippen molar-refractivity contribution < 1.29 is 4.52 Å². The summed E-state index contributed by atoms with van der Waals surface area (Å²) in [6.45, 7) is 3.55. The predicted molar refractivity (Wildman–Crippen MR) is 58.6 cm³/mol. The zero-order valence-electron chi connectivity index (χ0n) is 7.98. The molecule has 1 aromatic heterocycles. The van der Waals surface area contributed by atoms with Gasteiger partial charge in [-0.2, -0.15) is 4.98 Å². The highest BCUT2D eigenvalue weighted by molar-refractivity contribution is 6.30. The first-order chi connectivity index (χ1) is 7.28. The molecule has 0 N–H and O–H groups in total. The van der Waals surface area contributed by atoms with E-state index < -0.39 is 0 Å². The van der Waals surface area contributed by atoms with Crippen molar-refractivity contribution in [3.8, 4) is 0 Å². The molecule has 0 unspecified atom stereocenters. The molecule has 0 fully saturated rings. The van der Waals surface area contributed by atoms with Gasteiger partial charge in [-0.3, -0.25) is 0 Å². The van der Waals surface area contributed by atoms with Crippen LogP contribution in [-0.2, 0) is 6.42 Å². The Bertz CT molecular complexity index is 479. The maximum atomic E-state index is 5.86. The molecule has 15 heavy (non-hydrogen) atoms. The van der Waals surface area contributed by atoms with E-state index in [0.717, 1.165) is 5.56 Å². The van der Waals surface area contributed by atoms with Crippen molar-refractivity contribution in [2.45, 2.75) is 6.42 Å². The summed E-state index contributed by atoms with van der Waals surface area (Å²) in [7, 11) is 0. The van der Waals surface area contributed by atoms with E-state index in [2.05, 4.69) is 16.7 Å². The van der Waals surface area contributed by atoms with E-state index in [0.29, 0.717) is 23.2 Å². The first kappa shape index (κ1) is 9.93. The van der Waals surface area contributed by atoms with Crippen molar-refractivity contribution in [1.29, 1.82) is 0 Å². The molecule has 0 aliphatic carbocycles. The highest BCUT2D eigenvalue weighted by Crippen LogP contribution is 2.13. The van der Waals surface area contributed by atoms with E-state index in [1.165, 1.54) is 6.08 Å². The summed E-state index contributed by atoms with van der Waals surface area (Å²) < 4.78 is 4.90. The smallest absolute Gasteiger partial charge is 0.250 e. The van der Waals surface area contributed by atoms with E-state index >= 15 is 0 Å². The Morgan fingerprint density at radius 3 is 3.00 bits per heavy atom. The minimum atomic E-state index is 0.437. The molecule has 0 atom stereocenters. The second-order valence-corrected chi connectivity index (χ2v) is 3.50. The lowest BCUT2D eigenvalue weighted by molar-refractivity contribution is 0.404. The van der Waals surface area contributed by atoms with Gasteiger partial charge in [0.25, 0.3) is 0 Å². The van der Waals surface area contributed by atoms with Crippen LogP contribution in [0.4, 0.5) is 0 Å². The van der Waals surface area contributed by atoms with Crippen LogP contribution in [0.15, 0.2) is 35.4 Å². The number of benzene rings is 1. The lowest BCUT2D eigenvalue weighted by atomic mass is 10.1.